The van der Waals surface area contributed by atoms with E-state index in [2.05, 4.69) is 9.61 Å². The van der Waals surface area contributed by atoms with E-state index in [1.807, 2.05) is 0 Å². The van der Waals surface area contributed by atoms with Gasteiger partial charge in [-0.1, -0.05) is 11.4 Å². The zero-order valence-electron chi connectivity index (χ0n) is 8.20. The van der Waals surface area contributed by atoms with Gasteiger partial charge < -0.3 is 4.52 Å². The topological polar surface area (TPSA) is 130 Å². The number of rotatable bonds is 3. The van der Waals surface area contributed by atoms with Crippen LogP contribution >= 0.6 is 18.1 Å². The second-order valence-electron chi connectivity index (χ2n) is 1.98. The maximum Gasteiger partial charge on any atom is 0.394 e. The molecule has 1 amide bonds. The van der Waals surface area contributed by atoms with Gasteiger partial charge in [0.15, 0.2) is 0 Å². The summed E-state index contributed by atoms with van der Waals surface area (Å²) in [5, 5.41) is 2.21. The molecule has 92 valence electrons. The Morgan fingerprint density at radius 3 is 1.87 bits per heavy atom. The van der Waals surface area contributed by atoms with Gasteiger partial charge in [-0.2, -0.15) is 8.42 Å². The van der Waals surface area contributed by atoms with Gasteiger partial charge in [0.2, 0.25) is 5.91 Å². The Morgan fingerprint density at radius 1 is 1.47 bits per heavy atom. The van der Waals surface area contributed by atoms with Crippen LogP contribution in [0.3, 0.4) is 0 Å². The molecule has 3 N–H and O–H groups in total. The summed E-state index contributed by atoms with van der Waals surface area (Å²) >= 11 is 1.00. The number of carbonyl (C=O) groups excluding carboxylic acids is 1. The largest absolute Gasteiger partial charge is 0.394 e. The molecule has 0 aromatic heterocycles. The van der Waals surface area contributed by atoms with Crippen LogP contribution in [0.15, 0.2) is 0 Å². The van der Waals surface area contributed by atoms with E-state index >= 15 is 0 Å². The highest BCUT2D eigenvalue weighted by Gasteiger charge is 2.20. The fourth-order valence-electron chi connectivity index (χ4n) is 0.359. The van der Waals surface area contributed by atoms with Gasteiger partial charge in [-0.05, 0) is 6.26 Å². The van der Waals surface area contributed by atoms with Gasteiger partial charge in [-0.3, -0.25) is 23.6 Å². The predicted octanol–water partition coefficient (Wildman–Crippen LogP) is 0.587. The fraction of sp³-hybridized carbons (Fsp3) is 0.750. The molecule has 15 heavy (non-hydrogen) atoms. The molecular formula is C4H12NO7PS2. The Labute approximate surface area is 91.6 Å². The maximum absolute atomic E-state index is 11.2. The molecule has 1 atom stereocenters. The number of hydrogen-bond acceptors (Lipinski definition) is 6. The first-order valence-electron chi connectivity index (χ1n) is 3.24. The van der Waals surface area contributed by atoms with Crippen molar-refractivity contribution in [1.29, 1.82) is 0 Å². The Hall–Kier alpha value is -0.120. The minimum absolute atomic E-state index is 0.348. The third-order valence-electron chi connectivity index (χ3n) is 0.775. The molecule has 0 aliphatic carbocycles. The minimum Gasteiger partial charge on any atom is -0.309 e. The zero-order valence-corrected chi connectivity index (χ0v) is 10.7. The van der Waals surface area contributed by atoms with Crippen molar-refractivity contribution in [2.75, 3.05) is 13.4 Å². The first-order valence-corrected chi connectivity index (χ1v) is 8.09. The summed E-state index contributed by atoms with van der Waals surface area (Å²) in [4.78, 5) is 10.4. The van der Waals surface area contributed by atoms with Crippen LogP contribution in [-0.4, -0.2) is 36.8 Å². The van der Waals surface area contributed by atoms with Crippen LogP contribution in [0, 0.1) is 0 Å². The van der Waals surface area contributed by atoms with Crippen molar-refractivity contribution in [2.45, 2.75) is 6.92 Å². The van der Waals surface area contributed by atoms with Gasteiger partial charge in [-0.25, -0.2) is 0 Å². The van der Waals surface area contributed by atoms with Crippen LogP contribution in [0.5, 0.6) is 0 Å². The van der Waals surface area contributed by atoms with E-state index < -0.39 is 17.1 Å². The first-order chi connectivity index (χ1) is 6.54. The standard InChI is InChI=1S/C4H10NO3PS.H2O4S/c1-4(6)5-9(7,8-2)10-3;1-5(2,3)4/h1-3H3,(H,5,6,7);(H2,1,2,3,4). The lowest BCUT2D eigenvalue weighted by Crippen LogP contribution is -2.15. The number of nitrogens with one attached hydrogen (secondary N) is 1. The quantitative estimate of drug-likeness (QED) is 0.506. The van der Waals surface area contributed by atoms with E-state index in [9.17, 15) is 9.36 Å². The molecule has 0 radical (unpaired) electrons. The van der Waals surface area contributed by atoms with Crippen molar-refractivity contribution >= 4 is 34.4 Å². The molecule has 0 heterocycles. The van der Waals surface area contributed by atoms with Crippen molar-refractivity contribution in [2.24, 2.45) is 0 Å². The van der Waals surface area contributed by atoms with E-state index in [1.165, 1.54) is 14.0 Å². The molecule has 0 saturated carbocycles. The first kappa shape index (κ1) is 17.3. The summed E-state index contributed by atoms with van der Waals surface area (Å²) in [6.45, 7) is -1.63. The summed E-state index contributed by atoms with van der Waals surface area (Å²) in [5.74, 6) is -0.348. The molecule has 11 heteroatoms. The van der Waals surface area contributed by atoms with Gasteiger partial charge in [0, 0.05) is 14.0 Å². The van der Waals surface area contributed by atoms with Crippen LogP contribution in [-0.2, 0) is 24.3 Å². The van der Waals surface area contributed by atoms with Gasteiger partial charge >= 0.3 is 17.1 Å². The SMILES string of the molecule is COP(=O)(NC(C)=O)SC.O=S(=O)(O)O. The summed E-state index contributed by atoms with van der Waals surface area (Å²) in [6.07, 6.45) is 1.61. The van der Waals surface area contributed by atoms with Crippen LogP contribution in [0.4, 0.5) is 0 Å². The fourth-order valence-corrected chi connectivity index (χ4v) is 2.18. The number of amides is 1. The molecule has 0 aromatic rings. The Bertz CT molecular complexity index is 323. The highest BCUT2D eigenvalue weighted by Crippen LogP contribution is 2.53. The Morgan fingerprint density at radius 2 is 1.80 bits per heavy atom. The second kappa shape index (κ2) is 7.20. The maximum atomic E-state index is 11.2. The molecule has 0 spiro atoms. The lowest BCUT2D eigenvalue weighted by molar-refractivity contribution is -0.117. The van der Waals surface area contributed by atoms with E-state index in [0.29, 0.717) is 0 Å². The molecule has 0 aliphatic rings. The predicted molar refractivity (Wildman–Crippen MR) is 56.1 cm³/mol. The highest BCUT2D eigenvalue weighted by molar-refractivity contribution is 8.55. The lowest BCUT2D eigenvalue weighted by atomic mass is 10.8. The smallest absolute Gasteiger partial charge is 0.309 e. The zero-order chi connectivity index (χ0) is 12.7. The van der Waals surface area contributed by atoms with Gasteiger partial charge in [0.25, 0.3) is 0 Å². The minimum atomic E-state index is -4.67. The normalized spacial score (nSPS) is 14.5. The Balaban J connectivity index is 0. The number of carbonyl (C=O) groups is 1. The van der Waals surface area contributed by atoms with Gasteiger partial charge in [-0.15, -0.1) is 0 Å². The third-order valence-corrected chi connectivity index (χ3v) is 4.49. The Kier molecular flexibility index (Phi) is 8.30. The second-order valence-corrected chi connectivity index (χ2v) is 7.36. The van der Waals surface area contributed by atoms with E-state index in [0.717, 1.165) is 11.4 Å². The third kappa shape index (κ3) is 16.5. The van der Waals surface area contributed by atoms with Crippen molar-refractivity contribution in [3.05, 3.63) is 0 Å². The van der Waals surface area contributed by atoms with E-state index in [1.54, 1.807) is 6.26 Å². The van der Waals surface area contributed by atoms with Gasteiger partial charge in [0.05, 0.1) is 0 Å². The molecule has 0 fully saturated rings. The van der Waals surface area contributed by atoms with E-state index in [4.69, 9.17) is 17.5 Å². The highest BCUT2D eigenvalue weighted by atomic mass is 32.7. The monoisotopic (exact) mass is 281 g/mol. The molecule has 8 nitrogen and oxygen atoms in total. The van der Waals surface area contributed by atoms with Crippen molar-refractivity contribution in [3.8, 4) is 0 Å². The van der Waals surface area contributed by atoms with Crippen LogP contribution in [0.2, 0.25) is 0 Å². The van der Waals surface area contributed by atoms with Crippen molar-refractivity contribution in [3.63, 3.8) is 0 Å². The molecule has 0 rings (SSSR count). The average Bonchev–Trinajstić information content (AvgIpc) is 2.00. The van der Waals surface area contributed by atoms with E-state index in [-0.39, 0.29) is 5.91 Å². The van der Waals surface area contributed by atoms with Crippen molar-refractivity contribution < 1.29 is 31.4 Å². The molecular weight excluding hydrogens is 269 g/mol. The van der Waals surface area contributed by atoms with Crippen LogP contribution in [0.25, 0.3) is 0 Å². The molecule has 1 unspecified atom stereocenters. The van der Waals surface area contributed by atoms with Gasteiger partial charge in [0.1, 0.15) is 0 Å². The number of hydrogen-bond donors (Lipinski definition) is 3. The summed E-state index contributed by atoms with van der Waals surface area (Å²) in [5.41, 5.74) is 0. The molecule has 0 aliphatic heterocycles. The van der Waals surface area contributed by atoms with Crippen LogP contribution < -0.4 is 5.09 Å². The lowest BCUT2D eigenvalue weighted by Gasteiger charge is -2.11. The van der Waals surface area contributed by atoms with Crippen molar-refractivity contribution in [1.82, 2.24) is 5.09 Å². The summed E-state index contributed by atoms with van der Waals surface area (Å²) in [7, 11) is -3.37. The molecule has 0 aromatic carbocycles. The average molecular weight is 281 g/mol. The van der Waals surface area contributed by atoms with Crippen LogP contribution in [0.1, 0.15) is 6.92 Å². The molecule has 0 saturated heterocycles. The summed E-state index contributed by atoms with van der Waals surface area (Å²) < 4.78 is 47.3. The summed E-state index contributed by atoms with van der Waals surface area (Å²) in [6, 6.07) is 0. The molecule has 0 bridgehead atoms.